The number of furan rings is 1. The van der Waals surface area contributed by atoms with Gasteiger partial charge in [0.05, 0.1) is 26.1 Å². The minimum Gasteiger partial charge on any atom is -0.466 e. The van der Waals surface area contributed by atoms with Gasteiger partial charge in [-0.1, -0.05) is 0 Å². The topological polar surface area (TPSA) is 173 Å². The number of ether oxygens (including phenoxy) is 2. The third-order valence-corrected chi connectivity index (χ3v) is 4.97. The Bertz CT molecular complexity index is 577. The van der Waals surface area contributed by atoms with E-state index >= 15 is 0 Å². The molecule has 10 heteroatoms. The lowest BCUT2D eigenvalue weighted by atomic mass is 9.76. The standard InChI is InChI=1S/C15H22O10/c16-4-7-9(18)10(19)11(20)15(25-7,8-2-1-3-23-8)13-12(21)14(22,5-17)6-24-13/h1-3,7,9-13,16-22H,4-6H2/t7-,9-,10+,11+,12-,13?,14?,15-/m0/s1. The number of hydrogen-bond donors (Lipinski definition) is 7. The molecule has 10 nitrogen and oxygen atoms in total. The Morgan fingerprint density at radius 2 is 1.80 bits per heavy atom. The van der Waals surface area contributed by atoms with Crippen LogP contribution in [0.4, 0.5) is 0 Å². The summed E-state index contributed by atoms with van der Waals surface area (Å²) in [7, 11) is 0. The molecular formula is C15H22O10. The zero-order valence-corrected chi connectivity index (χ0v) is 13.2. The normalized spacial score (nSPS) is 48.0. The first kappa shape index (κ1) is 18.7. The summed E-state index contributed by atoms with van der Waals surface area (Å²) in [5.74, 6) is -0.0457. The van der Waals surface area contributed by atoms with Crippen LogP contribution in [0.5, 0.6) is 0 Å². The fourth-order valence-corrected chi connectivity index (χ4v) is 3.47. The molecule has 0 spiro atoms. The van der Waals surface area contributed by atoms with Gasteiger partial charge >= 0.3 is 0 Å². The quantitative estimate of drug-likeness (QED) is 0.284. The van der Waals surface area contributed by atoms with Crippen LogP contribution >= 0.6 is 0 Å². The Labute approximate surface area is 142 Å². The van der Waals surface area contributed by atoms with E-state index in [1.54, 1.807) is 0 Å². The van der Waals surface area contributed by atoms with Crippen LogP contribution in [0.15, 0.2) is 22.8 Å². The molecular weight excluding hydrogens is 340 g/mol. The average Bonchev–Trinajstić information content (AvgIpc) is 3.25. The Hall–Kier alpha value is -1.08. The molecule has 2 saturated heterocycles. The Balaban J connectivity index is 2.09. The van der Waals surface area contributed by atoms with Gasteiger partial charge in [-0.05, 0) is 12.1 Å². The molecule has 0 aromatic carbocycles. The molecule has 3 rings (SSSR count). The van der Waals surface area contributed by atoms with Gasteiger partial charge in [-0.25, -0.2) is 0 Å². The Kier molecular flexibility index (Phi) is 4.92. The van der Waals surface area contributed by atoms with Crippen LogP contribution in [-0.2, 0) is 15.1 Å². The lowest BCUT2D eigenvalue weighted by molar-refractivity contribution is -0.318. The van der Waals surface area contributed by atoms with Crippen molar-refractivity contribution in [3.05, 3.63) is 24.2 Å². The predicted octanol–water partition coefficient (Wildman–Crippen LogP) is -3.57. The van der Waals surface area contributed by atoms with E-state index in [2.05, 4.69) is 0 Å². The molecule has 1 aromatic heterocycles. The first-order valence-corrected chi connectivity index (χ1v) is 7.81. The first-order chi connectivity index (χ1) is 11.8. The number of hydrogen-bond acceptors (Lipinski definition) is 10. The van der Waals surface area contributed by atoms with E-state index in [0.717, 1.165) is 0 Å². The van der Waals surface area contributed by atoms with Gasteiger partial charge in [0.2, 0.25) is 0 Å². The van der Waals surface area contributed by atoms with Gasteiger partial charge in [-0.2, -0.15) is 0 Å². The Morgan fingerprint density at radius 3 is 2.32 bits per heavy atom. The van der Waals surface area contributed by atoms with Gasteiger partial charge in [0.25, 0.3) is 0 Å². The van der Waals surface area contributed by atoms with E-state index in [-0.39, 0.29) is 5.76 Å². The highest BCUT2D eigenvalue weighted by atomic mass is 16.6. The van der Waals surface area contributed by atoms with Gasteiger partial charge < -0.3 is 49.6 Å². The summed E-state index contributed by atoms with van der Waals surface area (Å²) in [4.78, 5) is 0. The fourth-order valence-electron chi connectivity index (χ4n) is 3.47. The Morgan fingerprint density at radius 1 is 1.08 bits per heavy atom. The largest absolute Gasteiger partial charge is 0.466 e. The summed E-state index contributed by atoms with van der Waals surface area (Å²) < 4.78 is 16.4. The van der Waals surface area contributed by atoms with Crippen LogP contribution in [-0.4, -0.2) is 97.8 Å². The van der Waals surface area contributed by atoms with Crippen LogP contribution < -0.4 is 0 Å². The van der Waals surface area contributed by atoms with Gasteiger partial charge in [-0.3, -0.25) is 0 Å². The highest BCUT2D eigenvalue weighted by Crippen LogP contribution is 2.47. The van der Waals surface area contributed by atoms with Gasteiger partial charge in [0.15, 0.2) is 5.60 Å². The molecule has 2 aliphatic heterocycles. The summed E-state index contributed by atoms with van der Waals surface area (Å²) >= 11 is 0. The average molecular weight is 362 g/mol. The maximum Gasteiger partial charge on any atom is 0.183 e. The molecule has 0 radical (unpaired) electrons. The first-order valence-electron chi connectivity index (χ1n) is 7.81. The van der Waals surface area contributed by atoms with Crippen LogP contribution in [0.25, 0.3) is 0 Å². The summed E-state index contributed by atoms with van der Waals surface area (Å²) in [6, 6.07) is 2.87. The third kappa shape index (κ3) is 2.62. The highest BCUT2D eigenvalue weighted by Gasteiger charge is 2.66. The third-order valence-electron chi connectivity index (χ3n) is 4.97. The van der Waals surface area contributed by atoms with Crippen LogP contribution in [0, 0.1) is 0 Å². The van der Waals surface area contributed by atoms with Crippen molar-refractivity contribution >= 4 is 0 Å². The molecule has 0 saturated carbocycles. The van der Waals surface area contributed by atoms with Crippen LogP contribution in [0.1, 0.15) is 5.76 Å². The van der Waals surface area contributed by atoms with Crippen LogP contribution in [0.2, 0.25) is 0 Å². The highest BCUT2D eigenvalue weighted by molar-refractivity contribution is 5.23. The fraction of sp³-hybridized carbons (Fsp3) is 0.733. The number of aliphatic hydroxyl groups is 7. The van der Waals surface area contributed by atoms with E-state index in [1.807, 2.05) is 0 Å². The van der Waals surface area contributed by atoms with Crippen molar-refractivity contribution in [1.29, 1.82) is 0 Å². The second kappa shape index (κ2) is 6.58. The van der Waals surface area contributed by atoms with Gasteiger partial charge in [0.1, 0.15) is 48.0 Å². The summed E-state index contributed by atoms with van der Waals surface area (Å²) in [6.07, 6.45) is -8.40. The molecule has 142 valence electrons. The smallest absolute Gasteiger partial charge is 0.183 e. The molecule has 1 aromatic rings. The monoisotopic (exact) mass is 362 g/mol. The van der Waals surface area contributed by atoms with E-state index in [4.69, 9.17) is 13.9 Å². The molecule has 25 heavy (non-hydrogen) atoms. The molecule has 2 aliphatic rings. The van der Waals surface area contributed by atoms with E-state index < -0.39 is 67.6 Å². The van der Waals surface area contributed by atoms with Crippen molar-refractivity contribution in [2.75, 3.05) is 19.8 Å². The number of rotatable bonds is 4. The number of aliphatic hydroxyl groups excluding tert-OH is 6. The molecule has 0 amide bonds. The molecule has 0 bridgehead atoms. The molecule has 2 unspecified atom stereocenters. The minimum atomic E-state index is -2.03. The zero-order valence-electron chi connectivity index (χ0n) is 13.2. The summed E-state index contributed by atoms with van der Waals surface area (Å²) in [6.45, 7) is -1.97. The van der Waals surface area contributed by atoms with Crippen molar-refractivity contribution < 1.29 is 49.6 Å². The molecule has 2 fully saturated rings. The van der Waals surface area contributed by atoms with Crippen molar-refractivity contribution in [3.8, 4) is 0 Å². The van der Waals surface area contributed by atoms with Crippen molar-refractivity contribution in [2.24, 2.45) is 0 Å². The van der Waals surface area contributed by atoms with Crippen LogP contribution in [0.3, 0.4) is 0 Å². The zero-order chi connectivity index (χ0) is 18.4. The van der Waals surface area contributed by atoms with Crippen molar-refractivity contribution in [3.63, 3.8) is 0 Å². The maximum atomic E-state index is 10.7. The van der Waals surface area contributed by atoms with E-state index in [1.165, 1.54) is 18.4 Å². The second-order valence-electron chi connectivity index (χ2n) is 6.47. The predicted molar refractivity (Wildman–Crippen MR) is 78.1 cm³/mol. The molecule has 0 aliphatic carbocycles. The molecule has 7 N–H and O–H groups in total. The summed E-state index contributed by atoms with van der Waals surface area (Å²) in [5.41, 5.74) is -4.04. The SMILES string of the molecule is OC[C@@H]1O[C@](c2ccco2)(C2OCC(O)(CO)[C@H]2O)[C@H](O)[C@H](O)[C@H]1O. The van der Waals surface area contributed by atoms with E-state index in [0.29, 0.717) is 0 Å². The summed E-state index contributed by atoms with van der Waals surface area (Å²) in [5, 5.41) is 70.4. The van der Waals surface area contributed by atoms with Gasteiger partial charge in [0, 0.05) is 0 Å². The van der Waals surface area contributed by atoms with E-state index in [9.17, 15) is 35.7 Å². The second-order valence-corrected chi connectivity index (χ2v) is 6.47. The minimum absolute atomic E-state index is 0.0457. The molecule has 3 heterocycles. The maximum absolute atomic E-state index is 10.7. The van der Waals surface area contributed by atoms with Gasteiger partial charge in [-0.15, -0.1) is 0 Å². The lowest BCUT2D eigenvalue weighted by Gasteiger charge is -2.50. The van der Waals surface area contributed by atoms with Crippen molar-refractivity contribution in [1.82, 2.24) is 0 Å². The molecule has 8 atom stereocenters. The van der Waals surface area contributed by atoms with Crippen molar-refractivity contribution in [2.45, 2.75) is 47.8 Å². The lowest BCUT2D eigenvalue weighted by Crippen LogP contribution is -2.69.